The first-order chi connectivity index (χ1) is 9.22. The summed E-state index contributed by atoms with van der Waals surface area (Å²) < 4.78 is 10.1. The Morgan fingerprint density at radius 2 is 2.21 bits per heavy atom. The molecule has 1 aromatic carbocycles. The van der Waals surface area contributed by atoms with Gasteiger partial charge in [-0.05, 0) is 36.5 Å². The molecule has 0 aliphatic heterocycles. The van der Waals surface area contributed by atoms with Crippen molar-refractivity contribution in [3.8, 4) is 5.69 Å². The highest BCUT2D eigenvalue weighted by Gasteiger charge is 2.19. The van der Waals surface area contributed by atoms with E-state index in [0.29, 0.717) is 22.1 Å². The van der Waals surface area contributed by atoms with Gasteiger partial charge in [-0.1, -0.05) is 11.6 Å². The lowest BCUT2D eigenvalue weighted by Crippen LogP contribution is -2.18. The van der Waals surface area contributed by atoms with Crippen LogP contribution in [0.4, 0.5) is 0 Å². The highest BCUT2D eigenvalue weighted by atomic mass is 35.5. The third-order valence-corrected chi connectivity index (χ3v) is 3.73. The molecule has 3 rings (SSSR count). The summed E-state index contributed by atoms with van der Waals surface area (Å²) in [7, 11) is 1.84. The molecule has 7 nitrogen and oxygen atoms in total. The molecule has 0 amide bonds. The number of nitrogens with zero attached hydrogens (tertiary/aromatic N) is 6. The van der Waals surface area contributed by atoms with E-state index in [4.69, 9.17) is 11.6 Å². The first-order valence-electron chi connectivity index (χ1n) is 5.59. The molecule has 0 spiro atoms. The molecule has 2 aromatic heterocycles. The zero-order chi connectivity index (χ0) is 13.4. The zero-order valence-electron chi connectivity index (χ0n) is 10.2. The fourth-order valence-electron chi connectivity index (χ4n) is 1.77. The lowest BCUT2D eigenvalue weighted by atomic mass is 10.2. The predicted octanol–water partition coefficient (Wildman–Crippen LogP) is 1.60. The number of hydrogen-bond donors (Lipinski definition) is 1. The van der Waals surface area contributed by atoms with Gasteiger partial charge in [-0.25, -0.2) is 0 Å². The highest BCUT2D eigenvalue weighted by molar-refractivity contribution is 7.00. The standard InChI is InChI=1S/C10H10ClN7S/c1-5(12-2)10-13-16-17-18(10)9-6(11)3-4-7-8(9)15-19-14-7/h3-5,12H,1-2H3. The van der Waals surface area contributed by atoms with Crippen LogP contribution in [0.1, 0.15) is 18.8 Å². The Kier molecular flexibility index (Phi) is 3.13. The fraction of sp³-hybridized carbons (Fsp3) is 0.300. The van der Waals surface area contributed by atoms with E-state index in [1.54, 1.807) is 10.7 Å². The molecular weight excluding hydrogens is 286 g/mol. The average molecular weight is 296 g/mol. The first-order valence-corrected chi connectivity index (χ1v) is 6.70. The van der Waals surface area contributed by atoms with Gasteiger partial charge in [0.2, 0.25) is 0 Å². The van der Waals surface area contributed by atoms with Crippen LogP contribution in [0.3, 0.4) is 0 Å². The topological polar surface area (TPSA) is 81.4 Å². The van der Waals surface area contributed by atoms with Crippen molar-refractivity contribution >= 4 is 34.4 Å². The molecule has 0 radical (unpaired) electrons. The Bertz CT molecular complexity index is 722. The quantitative estimate of drug-likeness (QED) is 0.790. The van der Waals surface area contributed by atoms with E-state index in [2.05, 4.69) is 29.6 Å². The van der Waals surface area contributed by atoms with Gasteiger partial charge in [0.15, 0.2) is 5.82 Å². The van der Waals surface area contributed by atoms with Crippen LogP contribution in [0.25, 0.3) is 16.7 Å². The molecule has 0 bridgehead atoms. The van der Waals surface area contributed by atoms with E-state index in [1.165, 1.54) is 0 Å². The van der Waals surface area contributed by atoms with Gasteiger partial charge in [-0.15, -0.1) is 5.10 Å². The van der Waals surface area contributed by atoms with Crippen molar-refractivity contribution in [3.63, 3.8) is 0 Å². The van der Waals surface area contributed by atoms with E-state index in [0.717, 1.165) is 17.2 Å². The van der Waals surface area contributed by atoms with Gasteiger partial charge in [0.05, 0.1) is 22.8 Å². The Balaban J connectivity index is 2.27. The molecule has 2 heterocycles. The average Bonchev–Trinajstić information content (AvgIpc) is 3.05. The van der Waals surface area contributed by atoms with Crippen molar-refractivity contribution in [2.75, 3.05) is 7.05 Å². The predicted molar refractivity (Wildman–Crippen MR) is 72.6 cm³/mol. The normalized spacial score (nSPS) is 13.0. The van der Waals surface area contributed by atoms with Crippen LogP contribution in [-0.2, 0) is 0 Å². The number of tetrazole rings is 1. The lowest BCUT2D eigenvalue weighted by Gasteiger charge is -2.11. The summed E-state index contributed by atoms with van der Waals surface area (Å²) in [6, 6.07) is 3.60. The van der Waals surface area contributed by atoms with Crippen molar-refractivity contribution in [2.45, 2.75) is 13.0 Å². The number of nitrogens with one attached hydrogen (secondary N) is 1. The number of benzene rings is 1. The van der Waals surface area contributed by atoms with Crippen LogP contribution in [0.2, 0.25) is 5.02 Å². The summed E-state index contributed by atoms with van der Waals surface area (Å²) >= 11 is 7.41. The van der Waals surface area contributed by atoms with Gasteiger partial charge >= 0.3 is 0 Å². The minimum absolute atomic E-state index is 0.00656. The second-order valence-electron chi connectivity index (χ2n) is 3.99. The van der Waals surface area contributed by atoms with Gasteiger partial charge in [0.25, 0.3) is 0 Å². The Morgan fingerprint density at radius 3 is 3.00 bits per heavy atom. The monoisotopic (exact) mass is 295 g/mol. The molecule has 0 aliphatic rings. The van der Waals surface area contributed by atoms with E-state index in [-0.39, 0.29) is 6.04 Å². The lowest BCUT2D eigenvalue weighted by molar-refractivity contribution is 0.589. The molecule has 9 heteroatoms. The SMILES string of the molecule is CNC(C)c1nnnn1-c1c(Cl)ccc2nsnc12. The number of hydrogen-bond acceptors (Lipinski definition) is 7. The summed E-state index contributed by atoms with van der Waals surface area (Å²) in [5.74, 6) is 0.671. The molecule has 3 aromatic rings. The number of halogens is 1. The summed E-state index contributed by atoms with van der Waals surface area (Å²) in [4.78, 5) is 0. The molecule has 98 valence electrons. The number of aromatic nitrogens is 6. The van der Waals surface area contributed by atoms with Gasteiger partial charge in [-0.3, -0.25) is 0 Å². The Labute approximate surface area is 117 Å². The first kappa shape index (κ1) is 12.4. The Hall–Kier alpha value is -1.64. The molecule has 0 fully saturated rings. The van der Waals surface area contributed by atoms with Gasteiger partial charge < -0.3 is 5.32 Å². The van der Waals surface area contributed by atoms with Gasteiger partial charge in [0.1, 0.15) is 16.7 Å². The summed E-state index contributed by atoms with van der Waals surface area (Å²) in [5, 5.41) is 15.4. The largest absolute Gasteiger partial charge is 0.311 e. The maximum absolute atomic E-state index is 6.27. The van der Waals surface area contributed by atoms with E-state index in [9.17, 15) is 0 Å². The van der Waals surface area contributed by atoms with E-state index in [1.807, 2.05) is 20.0 Å². The van der Waals surface area contributed by atoms with Crippen LogP contribution >= 0.6 is 23.3 Å². The molecule has 19 heavy (non-hydrogen) atoms. The van der Waals surface area contributed by atoms with Crippen LogP contribution in [0, 0.1) is 0 Å². The minimum Gasteiger partial charge on any atom is -0.311 e. The van der Waals surface area contributed by atoms with Crippen LogP contribution in [0.5, 0.6) is 0 Å². The molecule has 0 saturated heterocycles. The zero-order valence-corrected chi connectivity index (χ0v) is 11.8. The second-order valence-corrected chi connectivity index (χ2v) is 4.92. The third kappa shape index (κ3) is 1.97. The van der Waals surface area contributed by atoms with Crippen LogP contribution in [0.15, 0.2) is 12.1 Å². The van der Waals surface area contributed by atoms with Crippen molar-refractivity contribution in [1.82, 2.24) is 34.3 Å². The smallest absolute Gasteiger partial charge is 0.173 e. The third-order valence-electron chi connectivity index (χ3n) is 2.88. The Morgan fingerprint density at radius 1 is 1.37 bits per heavy atom. The van der Waals surface area contributed by atoms with Gasteiger partial charge in [0, 0.05) is 0 Å². The van der Waals surface area contributed by atoms with E-state index < -0.39 is 0 Å². The molecule has 1 N–H and O–H groups in total. The molecule has 0 saturated carbocycles. The summed E-state index contributed by atoms with van der Waals surface area (Å²) in [6.45, 7) is 1.97. The maximum atomic E-state index is 6.27. The number of rotatable bonds is 3. The minimum atomic E-state index is -0.00656. The number of fused-ring (bicyclic) bond motifs is 1. The van der Waals surface area contributed by atoms with Crippen LogP contribution in [-0.4, -0.2) is 36.0 Å². The fourth-order valence-corrected chi connectivity index (χ4v) is 2.54. The molecular formula is C10H10ClN7S. The van der Waals surface area contributed by atoms with Crippen LogP contribution < -0.4 is 5.32 Å². The van der Waals surface area contributed by atoms with Crippen molar-refractivity contribution in [1.29, 1.82) is 0 Å². The highest BCUT2D eigenvalue weighted by Crippen LogP contribution is 2.29. The molecule has 1 atom stereocenters. The van der Waals surface area contributed by atoms with Gasteiger partial charge in [-0.2, -0.15) is 13.4 Å². The second kappa shape index (κ2) is 4.80. The van der Waals surface area contributed by atoms with Crippen molar-refractivity contribution in [2.24, 2.45) is 0 Å². The van der Waals surface area contributed by atoms with Crippen molar-refractivity contribution < 1.29 is 0 Å². The summed E-state index contributed by atoms with van der Waals surface area (Å²) in [6.07, 6.45) is 0. The summed E-state index contributed by atoms with van der Waals surface area (Å²) in [5.41, 5.74) is 2.15. The maximum Gasteiger partial charge on any atom is 0.173 e. The molecule has 1 unspecified atom stereocenters. The van der Waals surface area contributed by atoms with E-state index >= 15 is 0 Å². The molecule has 0 aliphatic carbocycles. The van der Waals surface area contributed by atoms with Crippen molar-refractivity contribution in [3.05, 3.63) is 23.0 Å².